The van der Waals surface area contributed by atoms with E-state index in [0.29, 0.717) is 4.83 Å². The highest BCUT2D eigenvalue weighted by Gasteiger charge is 2.42. The number of para-hydroxylation sites is 1. The van der Waals surface area contributed by atoms with E-state index in [-0.39, 0.29) is 0 Å². The number of hydrogen-bond donors (Lipinski definition) is 0. The van der Waals surface area contributed by atoms with Crippen LogP contribution in [0.3, 0.4) is 0 Å². The first-order valence-electron chi connectivity index (χ1n) is 7.78. The normalized spacial score (nSPS) is 29.9. The van der Waals surface area contributed by atoms with Crippen molar-refractivity contribution in [3.63, 3.8) is 0 Å². The van der Waals surface area contributed by atoms with Crippen LogP contribution >= 0.6 is 15.9 Å². The molecule has 1 aromatic carbocycles. The van der Waals surface area contributed by atoms with Gasteiger partial charge in [-0.05, 0) is 49.1 Å². The van der Waals surface area contributed by atoms with Crippen molar-refractivity contribution in [3.8, 4) is 0 Å². The van der Waals surface area contributed by atoms with Crippen LogP contribution in [0, 0.1) is 17.8 Å². The van der Waals surface area contributed by atoms with Gasteiger partial charge in [0.05, 0.1) is 5.52 Å². The van der Waals surface area contributed by atoms with Crippen molar-refractivity contribution < 1.29 is 0 Å². The maximum Gasteiger partial charge on any atom is 0.0705 e. The van der Waals surface area contributed by atoms with E-state index >= 15 is 0 Å². The fourth-order valence-electron chi connectivity index (χ4n) is 4.31. The van der Waals surface area contributed by atoms with E-state index in [9.17, 15) is 0 Å². The first-order chi connectivity index (χ1) is 9.79. The Morgan fingerprint density at radius 2 is 2.00 bits per heavy atom. The maximum atomic E-state index is 4.82. The molecule has 4 rings (SSSR count). The molecule has 0 aliphatic heterocycles. The van der Waals surface area contributed by atoms with Crippen LogP contribution in [0.25, 0.3) is 10.9 Å². The molecule has 4 unspecified atom stereocenters. The molecule has 2 fully saturated rings. The zero-order valence-corrected chi connectivity index (χ0v) is 13.2. The average Bonchev–Trinajstić information content (AvgIpc) is 3.10. The topological polar surface area (TPSA) is 12.9 Å². The summed E-state index contributed by atoms with van der Waals surface area (Å²) in [6.45, 7) is 0. The zero-order chi connectivity index (χ0) is 13.5. The highest BCUT2D eigenvalue weighted by molar-refractivity contribution is 9.09. The van der Waals surface area contributed by atoms with Crippen LogP contribution in [0.4, 0.5) is 0 Å². The van der Waals surface area contributed by atoms with Crippen LogP contribution in [-0.2, 0) is 6.42 Å². The van der Waals surface area contributed by atoms with Gasteiger partial charge in [-0.3, -0.25) is 4.98 Å². The SMILES string of the molecule is BrC(Cc1ccc2ccccc2n1)C1CC2CCC1C2. The van der Waals surface area contributed by atoms with Gasteiger partial charge >= 0.3 is 0 Å². The zero-order valence-electron chi connectivity index (χ0n) is 11.6. The van der Waals surface area contributed by atoms with Crippen LogP contribution in [0.2, 0.25) is 0 Å². The number of fused-ring (bicyclic) bond motifs is 3. The van der Waals surface area contributed by atoms with Crippen molar-refractivity contribution in [2.24, 2.45) is 17.8 Å². The predicted molar refractivity (Wildman–Crippen MR) is 87.1 cm³/mol. The highest BCUT2D eigenvalue weighted by atomic mass is 79.9. The molecule has 0 radical (unpaired) electrons. The van der Waals surface area contributed by atoms with Crippen LogP contribution in [0.5, 0.6) is 0 Å². The lowest BCUT2D eigenvalue weighted by Gasteiger charge is -2.26. The third kappa shape index (κ3) is 2.28. The Morgan fingerprint density at radius 1 is 1.10 bits per heavy atom. The molecular weight excluding hydrogens is 310 g/mol. The van der Waals surface area contributed by atoms with Crippen molar-refractivity contribution in [1.82, 2.24) is 4.98 Å². The molecule has 2 bridgehead atoms. The molecule has 2 saturated carbocycles. The average molecular weight is 330 g/mol. The highest BCUT2D eigenvalue weighted by Crippen LogP contribution is 2.51. The van der Waals surface area contributed by atoms with Crippen molar-refractivity contribution in [2.45, 2.75) is 36.9 Å². The summed E-state index contributed by atoms with van der Waals surface area (Å²) in [5.74, 6) is 2.88. The monoisotopic (exact) mass is 329 g/mol. The second-order valence-corrected chi connectivity index (χ2v) is 7.73. The number of hydrogen-bond acceptors (Lipinski definition) is 1. The van der Waals surface area contributed by atoms with Gasteiger partial charge in [0.25, 0.3) is 0 Å². The van der Waals surface area contributed by atoms with Crippen LogP contribution in [0.1, 0.15) is 31.4 Å². The quantitative estimate of drug-likeness (QED) is 0.724. The van der Waals surface area contributed by atoms with E-state index in [4.69, 9.17) is 4.98 Å². The summed E-state index contributed by atoms with van der Waals surface area (Å²) in [7, 11) is 0. The lowest BCUT2D eigenvalue weighted by molar-refractivity contribution is 0.325. The minimum Gasteiger partial charge on any atom is -0.253 e. The van der Waals surface area contributed by atoms with E-state index in [0.717, 1.165) is 29.7 Å². The van der Waals surface area contributed by atoms with Crippen molar-refractivity contribution in [3.05, 3.63) is 42.1 Å². The molecule has 20 heavy (non-hydrogen) atoms. The number of benzene rings is 1. The van der Waals surface area contributed by atoms with Crippen molar-refractivity contribution >= 4 is 26.8 Å². The molecule has 2 heteroatoms. The number of rotatable bonds is 3. The summed E-state index contributed by atoms with van der Waals surface area (Å²) in [6.07, 6.45) is 6.93. The minimum absolute atomic E-state index is 0.603. The molecule has 0 saturated heterocycles. The van der Waals surface area contributed by atoms with Crippen LogP contribution in [0.15, 0.2) is 36.4 Å². The van der Waals surface area contributed by atoms with E-state index < -0.39 is 0 Å². The first kappa shape index (κ1) is 12.8. The van der Waals surface area contributed by atoms with E-state index in [1.54, 1.807) is 0 Å². The summed E-state index contributed by atoms with van der Waals surface area (Å²) in [5.41, 5.74) is 2.35. The summed E-state index contributed by atoms with van der Waals surface area (Å²) in [5, 5.41) is 1.24. The van der Waals surface area contributed by atoms with Crippen molar-refractivity contribution in [1.29, 1.82) is 0 Å². The van der Waals surface area contributed by atoms with Gasteiger partial charge in [-0.15, -0.1) is 0 Å². The van der Waals surface area contributed by atoms with Gasteiger partial charge in [-0.2, -0.15) is 0 Å². The Kier molecular flexibility index (Phi) is 3.30. The number of nitrogens with zero attached hydrogens (tertiary/aromatic N) is 1. The van der Waals surface area contributed by atoms with Crippen LogP contribution in [-0.4, -0.2) is 9.81 Å². The minimum atomic E-state index is 0.603. The second-order valence-electron chi connectivity index (χ2n) is 6.55. The molecule has 2 aliphatic carbocycles. The molecule has 2 aliphatic rings. The maximum absolute atomic E-state index is 4.82. The third-order valence-electron chi connectivity index (χ3n) is 5.32. The van der Waals surface area contributed by atoms with Gasteiger partial charge in [0.1, 0.15) is 0 Å². The Hall–Kier alpha value is -0.890. The summed E-state index contributed by atoms with van der Waals surface area (Å²) >= 11 is 3.97. The first-order valence-corrected chi connectivity index (χ1v) is 8.70. The lowest BCUT2D eigenvalue weighted by Crippen LogP contribution is -2.23. The Morgan fingerprint density at radius 3 is 2.80 bits per heavy atom. The van der Waals surface area contributed by atoms with E-state index in [1.807, 2.05) is 0 Å². The molecule has 0 spiro atoms. The van der Waals surface area contributed by atoms with Crippen LogP contribution < -0.4 is 0 Å². The largest absolute Gasteiger partial charge is 0.253 e. The molecule has 104 valence electrons. The second kappa shape index (κ2) is 5.14. The standard InChI is InChI=1S/C18H20BrN/c19-17(16-10-12-5-6-14(16)9-12)11-15-8-7-13-3-1-2-4-18(13)20-15/h1-4,7-8,12,14,16-17H,5-6,9-11H2. The lowest BCUT2D eigenvalue weighted by atomic mass is 9.85. The van der Waals surface area contributed by atoms with Crippen molar-refractivity contribution in [2.75, 3.05) is 0 Å². The third-order valence-corrected chi connectivity index (χ3v) is 6.32. The Balaban J connectivity index is 1.52. The van der Waals surface area contributed by atoms with Gasteiger partial charge in [-0.1, -0.05) is 46.6 Å². The van der Waals surface area contributed by atoms with E-state index in [1.165, 1.54) is 36.8 Å². The number of halogens is 1. The van der Waals surface area contributed by atoms with Gasteiger partial charge < -0.3 is 0 Å². The summed E-state index contributed by atoms with van der Waals surface area (Å²) in [4.78, 5) is 5.42. The fourth-order valence-corrected chi connectivity index (χ4v) is 5.29. The molecular formula is C18H20BrN. The molecule has 1 aromatic heterocycles. The molecule has 0 amide bonds. The van der Waals surface area contributed by atoms with Gasteiger partial charge in [0, 0.05) is 22.3 Å². The smallest absolute Gasteiger partial charge is 0.0705 e. The molecule has 4 atom stereocenters. The Bertz CT molecular complexity index is 624. The molecule has 2 aromatic rings. The molecule has 1 nitrogen and oxygen atoms in total. The summed E-state index contributed by atoms with van der Waals surface area (Å²) < 4.78 is 0. The number of pyridine rings is 1. The molecule has 1 heterocycles. The number of aromatic nitrogens is 1. The van der Waals surface area contributed by atoms with Gasteiger partial charge in [0.15, 0.2) is 0 Å². The van der Waals surface area contributed by atoms with Gasteiger partial charge in [-0.25, -0.2) is 0 Å². The predicted octanol–water partition coefficient (Wildman–Crippen LogP) is 4.98. The molecule has 0 N–H and O–H groups in total. The fraction of sp³-hybridized carbons (Fsp3) is 0.500. The van der Waals surface area contributed by atoms with E-state index in [2.05, 4.69) is 52.3 Å². The number of alkyl halides is 1. The summed E-state index contributed by atoms with van der Waals surface area (Å²) in [6, 6.07) is 12.8. The van der Waals surface area contributed by atoms with Gasteiger partial charge in [0.2, 0.25) is 0 Å². The Labute approximate surface area is 128 Å².